The van der Waals surface area contributed by atoms with E-state index in [2.05, 4.69) is 67.3 Å². The van der Waals surface area contributed by atoms with Crippen LogP contribution < -0.4 is 23.8 Å². The molecule has 88 valence electrons. The Morgan fingerprint density at radius 3 is 2.44 bits per heavy atom. The molecule has 18 heavy (non-hydrogen) atoms. The van der Waals surface area contributed by atoms with Crippen molar-refractivity contribution in [1.29, 1.82) is 0 Å². The zero-order valence-corrected chi connectivity index (χ0v) is 11.5. The Morgan fingerprint density at radius 2 is 1.83 bits per heavy atom. The fourth-order valence-corrected chi connectivity index (χ4v) is 1.92. The number of benzene rings is 2. The van der Waals surface area contributed by atoms with Crippen molar-refractivity contribution < 1.29 is 18.9 Å². The molecule has 2 aromatic rings. The van der Waals surface area contributed by atoms with Crippen molar-refractivity contribution in [3.05, 3.63) is 65.7 Å². The smallest absolute Gasteiger partial charge is 0.390 e. The summed E-state index contributed by atoms with van der Waals surface area (Å²) in [5.74, 6) is 0. The van der Waals surface area contributed by atoms with Gasteiger partial charge in [-0.3, -0.25) is 0 Å². The molecule has 2 rings (SSSR count). The molecular weight excluding hydrogens is 213 g/mol. The molecule has 0 heterocycles. The van der Waals surface area contributed by atoms with Gasteiger partial charge >= 0.3 is 18.9 Å². The predicted octanol–water partition coefficient (Wildman–Crippen LogP) is 0.826. The molecule has 2 heteroatoms. The van der Waals surface area contributed by atoms with Crippen LogP contribution in [0.2, 0.25) is 0 Å². The molecule has 0 N–H and O–H groups in total. The van der Waals surface area contributed by atoms with Crippen LogP contribution in [0.5, 0.6) is 0 Å². The molecular formula is C16H18LiN. The molecule has 0 aromatic heterocycles. The van der Waals surface area contributed by atoms with Gasteiger partial charge in [-0.15, -0.1) is 6.07 Å². The Hall–Kier alpha value is -1.16. The summed E-state index contributed by atoms with van der Waals surface area (Å²) >= 11 is 0. The standard InChI is InChI=1S/C16H18N.Li/c1-3-17(13-15-9-5-4-6-10-15)16-11-7-8-14(2)12-16;/h4-10,12H,3,13H2,1-2H3;/q-1;+1. The number of hydrogen-bond donors (Lipinski definition) is 0. The first kappa shape index (κ1) is 14.9. The van der Waals surface area contributed by atoms with Crippen molar-refractivity contribution in [2.24, 2.45) is 0 Å². The van der Waals surface area contributed by atoms with Gasteiger partial charge in [0.2, 0.25) is 0 Å². The van der Waals surface area contributed by atoms with E-state index in [0.29, 0.717) is 0 Å². The van der Waals surface area contributed by atoms with Crippen LogP contribution in [0.3, 0.4) is 0 Å². The van der Waals surface area contributed by atoms with E-state index in [9.17, 15) is 0 Å². The Bertz CT molecular complexity index is 468. The number of anilines is 1. The minimum absolute atomic E-state index is 0. The normalized spacial score (nSPS) is 9.67. The second-order valence-corrected chi connectivity index (χ2v) is 4.25. The maximum absolute atomic E-state index is 3.31. The monoisotopic (exact) mass is 231 g/mol. The molecule has 0 atom stereocenters. The topological polar surface area (TPSA) is 3.24 Å². The van der Waals surface area contributed by atoms with Gasteiger partial charge in [0.15, 0.2) is 0 Å². The van der Waals surface area contributed by atoms with Gasteiger partial charge in [-0.25, -0.2) is 0 Å². The van der Waals surface area contributed by atoms with Crippen LogP contribution in [0.15, 0.2) is 48.5 Å². The third-order valence-electron chi connectivity index (χ3n) is 2.88. The molecule has 0 saturated heterocycles. The second kappa shape index (κ2) is 7.31. The average Bonchev–Trinajstić information content (AvgIpc) is 2.37. The van der Waals surface area contributed by atoms with Crippen molar-refractivity contribution in [2.75, 3.05) is 11.4 Å². The molecule has 0 bridgehead atoms. The van der Waals surface area contributed by atoms with Gasteiger partial charge in [0.1, 0.15) is 0 Å². The third kappa shape index (κ3) is 3.94. The van der Waals surface area contributed by atoms with Gasteiger partial charge in [0.25, 0.3) is 0 Å². The Balaban J connectivity index is 0.00000162. The van der Waals surface area contributed by atoms with Gasteiger partial charge < -0.3 is 4.90 Å². The molecule has 0 fully saturated rings. The van der Waals surface area contributed by atoms with Crippen molar-refractivity contribution in [3.8, 4) is 0 Å². The second-order valence-electron chi connectivity index (χ2n) is 4.25. The molecule has 0 spiro atoms. The van der Waals surface area contributed by atoms with E-state index in [1.54, 1.807) is 0 Å². The maximum atomic E-state index is 3.31. The third-order valence-corrected chi connectivity index (χ3v) is 2.88. The zero-order chi connectivity index (χ0) is 12.1. The Labute approximate surface area is 122 Å². The van der Waals surface area contributed by atoms with Crippen LogP contribution in [0, 0.1) is 13.0 Å². The molecule has 0 aliphatic heterocycles. The quantitative estimate of drug-likeness (QED) is 0.556. The van der Waals surface area contributed by atoms with Gasteiger partial charge in [-0.05, 0) is 12.5 Å². The van der Waals surface area contributed by atoms with Crippen LogP contribution >= 0.6 is 0 Å². The summed E-state index contributed by atoms with van der Waals surface area (Å²) in [4.78, 5) is 2.34. The SMILES string of the molecule is CCN(Cc1ccccc1)c1[c-]ccc(C)c1.[Li+]. The minimum Gasteiger partial charge on any atom is -0.390 e. The van der Waals surface area contributed by atoms with E-state index in [-0.39, 0.29) is 18.9 Å². The minimum atomic E-state index is 0. The summed E-state index contributed by atoms with van der Waals surface area (Å²) in [5.41, 5.74) is 3.80. The molecule has 0 unspecified atom stereocenters. The number of hydrogen-bond acceptors (Lipinski definition) is 1. The van der Waals surface area contributed by atoms with Crippen molar-refractivity contribution in [2.45, 2.75) is 20.4 Å². The Morgan fingerprint density at radius 1 is 1.11 bits per heavy atom. The summed E-state index contributed by atoms with van der Waals surface area (Å²) < 4.78 is 0. The summed E-state index contributed by atoms with van der Waals surface area (Å²) in [6, 6.07) is 20.1. The molecule has 0 saturated carbocycles. The summed E-state index contributed by atoms with van der Waals surface area (Å²) in [6.07, 6.45) is 0. The number of nitrogens with zero attached hydrogens (tertiary/aromatic N) is 1. The van der Waals surface area contributed by atoms with Crippen LogP contribution in [0.25, 0.3) is 0 Å². The summed E-state index contributed by atoms with van der Waals surface area (Å²) in [5, 5.41) is 0. The van der Waals surface area contributed by atoms with Crippen LogP contribution in [0.1, 0.15) is 18.1 Å². The average molecular weight is 231 g/mol. The number of aryl methyl sites for hydroxylation is 1. The van der Waals surface area contributed by atoms with Crippen molar-refractivity contribution >= 4 is 5.69 Å². The van der Waals surface area contributed by atoms with Crippen LogP contribution in [-0.4, -0.2) is 6.54 Å². The van der Waals surface area contributed by atoms with E-state index in [0.717, 1.165) is 13.1 Å². The molecule has 0 aliphatic carbocycles. The number of rotatable bonds is 4. The van der Waals surface area contributed by atoms with E-state index in [1.165, 1.54) is 16.8 Å². The molecule has 0 radical (unpaired) electrons. The maximum Gasteiger partial charge on any atom is 1.00 e. The fourth-order valence-electron chi connectivity index (χ4n) is 1.92. The summed E-state index contributed by atoms with van der Waals surface area (Å²) in [6.45, 7) is 6.24. The predicted molar refractivity (Wildman–Crippen MR) is 73.2 cm³/mol. The Kier molecular flexibility index (Phi) is 6.05. The van der Waals surface area contributed by atoms with Gasteiger partial charge in [-0.1, -0.05) is 42.9 Å². The largest absolute Gasteiger partial charge is 1.00 e. The van der Waals surface area contributed by atoms with E-state index in [1.807, 2.05) is 6.07 Å². The first-order chi connectivity index (χ1) is 8.29. The van der Waals surface area contributed by atoms with Crippen molar-refractivity contribution in [3.63, 3.8) is 0 Å². The van der Waals surface area contributed by atoms with Gasteiger partial charge in [0.05, 0.1) is 0 Å². The van der Waals surface area contributed by atoms with E-state index < -0.39 is 0 Å². The van der Waals surface area contributed by atoms with Crippen molar-refractivity contribution in [1.82, 2.24) is 0 Å². The van der Waals surface area contributed by atoms with E-state index in [4.69, 9.17) is 0 Å². The van der Waals surface area contributed by atoms with Gasteiger partial charge in [-0.2, -0.15) is 23.8 Å². The molecule has 1 nitrogen and oxygen atoms in total. The zero-order valence-electron chi connectivity index (χ0n) is 11.5. The summed E-state index contributed by atoms with van der Waals surface area (Å²) in [7, 11) is 0. The fraction of sp³-hybridized carbons (Fsp3) is 0.250. The van der Waals surface area contributed by atoms with Crippen LogP contribution in [-0.2, 0) is 6.54 Å². The molecule has 0 amide bonds. The first-order valence-corrected chi connectivity index (χ1v) is 6.07. The van der Waals surface area contributed by atoms with E-state index >= 15 is 0 Å². The van der Waals surface area contributed by atoms with Crippen LogP contribution in [0.4, 0.5) is 5.69 Å². The first-order valence-electron chi connectivity index (χ1n) is 6.07. The van der Waals surface area contributed by atoms with Gasteiger partial charge in [0, 0.05) is 13.1 Å². The molecule has 0 aliphatic rings. The molecule has 2 aromatic carbocycles.